The maximum absolute atomic E-state index is 12.5. The summed E-state index contributed by atoms with van der Waals surface area (Å²) < 4.78 is 16.5. The zero-order valence-corrected chi connectivity index (χ0v) is 19.1. The zero-order chi connectivity index (χ0) is 23.8. The molecule has 0 N–H and O–H groups in total. The molecule has 34 heavy (non-hydrogen) atoms. The van der Waals surface area contributed by atoms with Gasteiger partial charge in [-0.2, -0.15) is 0 Å². The summed E-state index contributed by atoms with van der Waals surface area (Å²) in [5, 5.41) is 0. The Balaban J connectivity index is 1.17. The van der Waals surface area contributed by atoms with Crippen LogP contribution >= 0.6 is 0 Å². The molecule has 0 saturated carbocycles. The number of hydrogen-bond donors (Lipinski definition) is 0. The maximum Gasteiger partial charge on any atom is 0.343 e. The van der Waals surface area contributed by atoms with Crippen LogP contribution in [0.2, 0.25) is 0 Å². The van der Waals surface area contributed by atoms with Gasteiger partial charge in [0.1, 0.15) is 17.6 Å². The van der Waals surface area contributed by atoms with Gasteiger partial charge in [0.15, 0.2) is 0 Å². The second kappa shape index (κ2) is 11.3. The Hall–Kier alpha value is -3.86. The number of hydrogen-bond acceptors (Lipinski definition) is 5. The van der Waals surface area contributed by atoms with E-state index in [4.69, 9.17) is 14.2 Å². The second-order valence-corrected chi connectivity index (χ2v) is 8.34. The molecule has 174 valence electrons. The molecule has 0 aromatic heterocycles. The van der Waals surface area contributed by atoms with Crippen LogP contribution in [0, 0.1) is 0 Å². The number of rotatable bonds is 10. The number of carbonyl (C=O) groups excluding carboxylic acids is 2. The third-order valence-corrected chi connectivity index (χ3v) is 5.74. The molecular formula is C29H28O5. The van der Waals surface area contributed by atoms with Crippen molar-refractivity contribution in [2.75, 3.05) is 6.61 Å². The van der Waals surface area contributed by atoms with E-state index in [0.717, 1.165) is 36.8 Å². The van der Waals surface area contributed by atoms with Crippen molar-refractivity contribution in [2.24, 2.45) is 0 Å². The zero-order valence-electron chi connectivity index (χ0n) is 19.1. The maximum atomic E-state index is 12.5. The molecule has 5 nitrogen and oxygen atoms in total. The van der Waals surface area contributed by atoms with Crippen LogP contribution in [0.15, 0.2) is 91.0 Å². The Kier molecular flexibility index (Phi) is 7.76. The number of cyclic esters (lactones) is 1. The highest BCUT2D eigenvalue weighted by molar-refractivity contribution is 5.91. The summed E-state index contributed by atoms with van der Waals surface area (Å²) in [4.78, 5) is 23.8. The van der Waals surface area contributed by atoms with Gasteiger partial charge in [-0.25, -0.2) is 9.59 Å². The van der Waals surface area contributed by atoms with Gasteiger partial charge in [-0.3, -0.25) is 0 Å². The Morgan fingerprint density at radius 3 is 2.21 bits per heavy atom. The fraction of sp³-hybridized carbons (Fsp3) is 0.241. The molecule has 5 heteroatoms. The molecule has 3 aromatic rings. The summed E-state index contributed by atoms with van der Waals surface area (Å²) in [5.41, 5.74) is 3.21. The van der Waals surface area contributed by atoms with Crippen LogP contribution in [-0.2, 0) is 9.53 Å². The number of ether oxygens (including phenoxy) is 3. The van der Waals surface area contributed by atoms with Crippen molar-refractivity contribution in [3.05, 3.63) is 96.6 Å². The second-order valence-electron chi connectivity index (χ2n) is 8.34. The fourth-order valence-electron chi connectivity index (χ4n) is 3.84. The van der Waals surface area contributed by atoms with Gasteiger partial charge in [0, 0.05) is 12.0 Å². The quantitative estimate of drug-likeness (QED) is 0.153. The van der Waals surface area contributed by atoms with Crippen molar-refractivity contribution in [3.8, 4) is 22.6 Å². The third kappa shape index (κ3) is 6.35. The molecule has 0 radical (unpaired) electrons. The predicted octanol–water partition coefficient (Wildman–Crippen LogP) is 6.38. The van der Waals surface area contributed by atoms with Crippen molar-refractivity contribution in [3.63, 3.8) is 0 Å². The van der Waals surface area contributed by atoms with Crippen LogP contribution in [0.25, 0.3) is 11.1 Å². The molecule has 1 atom stereocenters. The lowest BCUT2D eigenvalue weighted by atomic mass is 10.1. The van der Waals surface area contributed by atoms with E-state index in [0.29, 0.717) is 35.7 Å². The van der Waals surface area contributed by atoms with Crippen LogP contribution in [0.5, 0.6) is 11.5 Å². The highest BCUT2D eigenvalue weighted by atomic mass is 16.6. The van der Waals surface area contributed by atoms with Crippen LogP contribution in [0.3, 0.4) is 0 Å². The Morgan fingerprint density at radius 2 is 1.53 bits per heavy atom. The van der Waals surface area contributed by atoms with Gasteiger partial charge >= 0.3 is 11.9 Å². The topological polar surface area (TPSA) is 61.8 Å². The Labute approximate surface area is 200 Å². The predicted molar refractivity (Wildman–Crippen MR) is 131 cm³/mol. The van der Waals surface area contributed by atoms with Crippen LogP contribution < -0.4 is 9.47 Å². The monoisotopic (exact) mass is 456 g/mol. The number of unbranched alkanes of at least 4 members (excludes halogenated alkanes) is 2. The van der Waals surface area contributed by atoms with Crippen LogP contribution in [-0.4, -0.2) is 24.6 Å². The average molecular weight is 457 g/mol. The summed E-state index contributed by atoms with van der Waals surface area (Å²) in [6.45, 7) is 4.30. The molecule has 1 heterocycles. The summed E-state index contributed by atoms with van der Waals surface area (Å²) in [5.74, 6) is 0.544. The van der Waals surface area contributed by atoms with Crippen molar-refractivity contribution < 1.29 is 23.8 Å². The molecule has 1 aliphatic rings. The largest absolute Gasteiger partial charge is 0.494 e. The van der Waals surface area contributed by atoms with Gasteiger partial charge < -0.3 is 14.2 Å². The van der Waals surface area contributed by atoms with Crippen molar-refractivity contribution >= 4 is 11.9 Å². The lowest BCUT2D eigenvalue weighted by Gasteiger charge is -2.09. The Morgan fingerprint density at radius 1 is 0.853 bits per heavy atom. The van der Waals surface area contributed by atoms with Gasteiger partial charge in [0.25, 0.3) is 0 Å². The number of benzene rings is 3. The van der Waals surface area contributed by atoms with Crippen molar-refractivity contribution in [2.45, 2.75) is 38.2 Å². The Bertz CT molecular complexity index is 1100. The molecule has 0 aliphatic carbocycles. The molecule has 1 aliphatic heterocycles. The first kappa shape index (κ1) is 23.3. The molecular weight excluding hydrogens is 428 g/mol. The molecule has 0 bridgehead atoms. The molecule has 1 saturated heterocycles. The first-order chi connectivity index (χ1) is 16.6. The fourth-order valence-corrected chi connectivity index (χ4v) is 3.84. The van der Waals surface area contributed by atoms with Gasteiger partial charge in [-0.15, -0.1) is 0 Å². The minimum Gasteiger partial charge on any atom is -0.494 e. The van der Waals surface area contributed by atoms with E-state index in [1.54, 1.807) is 36.4 Å². The van der Waals surface area contributed by atoms with E-state index in [-0.39, 0.29) is 12.1 Å². The molecule has 1 unspecified atom stereocenters. The lowest BCUT2D eigenvalue weighted by molar-refractivity contribution is -0.139. The van der Waals surface area contributed by atoms with Crippen LogP contribution in [0.1, 0.15) is 42.5 Å². The van der Waals surface area contributed by atoms with E-state index >= 15 is 0 Å². The van der Waals surface area contributed by atoms with Gasteiger partial charge in [0.2, 0.25) is 0 Å². The SMILES string of the molecule is C=C1CC(CCCCCOc2ccc(C(=O)Oc3ccc(-c4ccccc4)cc3)cc2)OC1=O. The highest BCUT2D eigenvalue weighted by Crippen LogP contribution is 2.24. The first-order valence-electron chi connectivity index (χ1n) is 11.6. The minimum atomic E-state index is -0.408. The third-order valence-electron chi connectivity index (χ3n) is 5.74. The number of carbonyl (C=O) groups is 2. The van der Waals surface area contributed by atoms with Crippen molar-refractivity contribution in [1.82, 2.24) is 0 Å². The average Bonchev–Trinajstić information content (AvgIpc) is 3.19. The summed E-state index contributed by atoms with van der Waals surface area (Å²) in [7, 11) is 0. The van der Waals surface area contributed by atoms with E-state index in [9.17, 15) is 9.59 Å². The minimum absolute atomic E-state index is 0.0185. The van der Waals surface area contributed by atoms with Crippen molar-refractivity contribution in [1.29, 1.82) is 0 Å². The van der Waals surface area contributed by atoms with Gasteiger partial charge in [-0.05, 0) is 73.2 Å². The molecule has 4 rings (SSSR count). The van der Waals surface area contributed by atoms with Crippen LogP contribution in [0.4, 0.5) is 0 Å². The van der Waals surface area contributed by atoms with E-state index in [2.05, 4.69) is 6.58 Å². The lowest BCUT2D eigenvalue weighted by Crippen LogP contribution is -2.08. The summed E-state index contributed by atoms with van der Waals surface area (Å²) in [6, 6.07) is 24.5. The smallest absolute Gasteiger partial charge is 0.343 e. The summed E-state index contributed by atoms with van der Waals surface area (Å²) >= 11 is 0. The summed E-state index contributed by atoms with van der Waals surface area (Å²) in [6.07, 6.45) is 4.36. The first-order valence-corrected chi connectivity index (χ1v) is 11.6. The highest BCUT2D eigenvalue weighted by Gasteiger charge is 2.26. The van der Waals surface area contributed by atoms with E-state index in [1.165, 1.54) is 0 Å². The normalized spacial score (nSPS) is 15.1. The standard InChI is InChI=1S/C29H28O5/c1-21-20-27(34-28(21)30)10-6-3-7-19-32-25-15-13-24(14-16-25)29(31)33-26-17-11-23(12-18-26)22-8-4-2-5-9-22/h2,4-5,8-9,11-18,27H,1,3,6-7,10,19-20H2. The van der Waals surface area contributed by atoms with Gasteiger partial charge in [-0.1, -0.05) is 49.0 Å². The molecule has 0 spiro atoms. The molecule has 3 aromatic carbocycles. The molecule has 0 amide bonds. The molecule has 1 fully saturated rings. The number of esters is 2. The van der Waals surface area contributed by atoms with Gasteiger partial charge in [0.05, 0.1) is 12.2 Å². The van der Waals surface area contributed by atoms with E-state index in [1.807, 2.05) is 42.5 Å². The van der Waals surface area contributed by atoms with E-state index < -0.39 is 5.97 Å².